The lowest BCUT2D eigenvalue weighted by molar-refractivity contribution is 0.0603. The largest absolute Gasteiger partial charge is 0.333 e. The van der Waals surface area contributed by atoms with Crippen LogP contribution in [-0.4, -0.2) is 27.7 Å². The molecule has 2 unspecified atom stereocenters. The molecule has 2 fully saturated rings. The van der Waals surface area contributed by atoms with Crippen LogP contribution in [-0.2, 0) is 0 Å². The van der Waals surface area contributed by atoms with Gasteiger partial charge in [0.25, 0.3) is 5.91 Å². The summed E-state index contributed by atoms with van der Waals surface area (Å²) in [7, 11) is 0. The minimum Gasteiger partial charge on any atom is -0.333 e. The number of piperidine rings is 1. The molecule has 1 amide bonds. The van der Waals surface area contributed by atoms with Crippen molar-refractivity contribution in [3.05, 3.63) is 35.4 Å². The van der Waals surface area contributed by atoms with Crippen LogP contribution in [0.2, 0.25) is 0 Å². The molecule has 2 bridgehead atoms. The van der Waals surface area contributed by atoms with Gasteiger partial charge in [-0.25, -0.2) is 0 Å². The van der Waals surface area contributed by atoms with Crippen LogP contribution in [0.1, 0.15) is 41.6 Å². The normalized spacial score (nSPS) is 29.1. The summed E-state index contributed by atoms with van der Waals surface area (Å²) in [6.07, 6.45) is 4.35. The number of rotatable bonds is 1. The third-order valence-corrected chi connectivity index (χ3v) is 4.92. The van der Waals surface area contributed by atoms with Crippen molar-refractivity contribution in [2.75, 3.05) is 0 Å². The van der Waals surface area contributed by atoms with Gasteiger partial charge in [0.1, 0.15) is 0 Å². The third kappa shape index (κ3) is 2.28. The van der Waals surface area contributed by atoms with Crippen molar-refractivity contribution in [1.29, 1.82) is 5.26 Å². The van der Waals surface area contributed by atoms with E-state index in [9.17, 15) is 4.79 Å². The number of fused-ring (bicyclic) bond motifs is 2. The van der Waals surface area contributed by atoms with Crippen molar-refractivity contribution in [1.82, 2.24) is 4.90 Å². The lowest BCUT2D eigenvalue weighted by Gasteiger charge is -2.37. The van der Waals surface area contributed by atoms with Crippen LogP contribution in [0, 0.1) is 11.3 Å². The third-order valence-electron chi connectivity index (χ3n) is 4.17. The van der Waals surface area contributed by atoms with Gasteiger partial charge in [-0.15, -0.1) is 0 Å². The Bertz CT molecular complexity index is 520. The molecule has 3 rings (SSSR count). The van der Waals surface area contributed by atoms with Crippen molar-refractivity contribution in [2.45, 2.75) is 42.6 Å². The van der Waals surface area contributed by atoms with E-state index in [1.165, 1.54) is 0 Å². The van der Waals surface area contributed by atoms with Gasteiger partial charge in [0, 0.05) is 22.5 Å². The van der Waals surface area contributed by atoms with Crippen LogP contribution in [0.15, 0.2) is 24.3 Å². The van der Waals surface area contributed by atoms with Crippen LogP contribution < -0.4 is 0 Å². The van der Waals surface area contributed by atoms with E-state index >= 15 is 0 Å². The fourth-order valence-corrected chi connectivity index (χ4v) is 4.14. The molecule has 0 radical (unpaired) electrons. The maximum absolute atomic E-state index is 12.6. The van der Waals surface area contributed by atoms with Gasteiger partial charge < -0.3 is 4.90 Å². The first-order valence-corrected chi connectivity index (χ1v) is 7.57. The van der Waals surface area contributed by atoms with E-state index in [1.807, 2.05) is 0 Å². The number of nitrogens with zero attached hydrogens (tertiary/aromatic N) is 2. The van der Waals surface area contributed by atoms with Crippen LogP contribution in [0.25, 0.3) is 0 Å². The number of alkyl halides is 1. The Hall–Kier alpha value is -1.34. The topological polar surface area (TPSA) is 44.1 Å². The number of halogens is 1. The summed E-state index contributed by atoms with van der Waals surface area (Å²) in [5.41, 5.74) is 1.29. The number of amides is 1. The van der Waals surface area contributed by atoms with Gasteiger partial charge in [-0.05, 0) is 49.9 Å². The highest BCUT2D eigenvalue weighted by molar-refractivity contribution is 9.09. The summed E-state index contributed by atoms with van der Waals surface area (Å²) in [6.45, 7) is 0. The van der Waals surface area contributed by atoms with Crippen molar-refractivity contribution < 1.29 is 4.79 Å². The number of benzene rings is 1. The first kappa shape index (κ1) is 12.7. The summed E-state index contributed by atoms with van der Waals surface area (Å²) in [5.74, 6) is 0.122. The van der Waals surface area contributed by atoms with Crippen molar-refractivity contribution in [3.8, 4) is 6.07 Å². The van der Waals surface area contributed by atoms with Gasteiger partial charge in [-0.2, -0.15) is 5.26 Å². The smallest absolute Gasteiger partial charge is 0.254 e. The molecule has 2 aliphatic rings. The summed E-state index contributed by atoms with van der Waals surface area (Å²) < 4.78 is 0. The molecule has 0 aliphatic carbocycles. The number of hydrogen-bond acceptors (Lipinski definition) is 2. The molecule has 2 atom stereocenters. The van der Waals surface area contributed by atoms with E-state index < -0.39 is 0 Å². The zero-order valence-electron chi connectivity index (χ0n) is 10.6. The molecule has 2 saturated heterocycles. The molecule has 0 aromatic heterocycles. The Morgan fingerprint density at radius 3 is 2.32 bits per heavy atom. The molecule has 2 aliphatic heterocycles. The molecular formula is C15H15BrN2O. The Labute approximate surface area is 121 Å². The van der Waals surface area contributed by atoms with Gasteiger partial charge in [0.15, 0.2) is 0 Å². The standard InChI is InChI=1S/C15H15BrN2O/c16-12-7-13-5-6-14(8-12)18(13)15(19)11-3-1-10(9-17)2-4-11/h1-4,12-14H,5-8H2. The average Bonchev–Trinajstić information content (AvgIpc) is 2.70. The van der Waals surface area contributed by atoms with Gasteiger partial charge in [0.05, 0.1) is 11.6 Å². The van der Waals surface area contributed by atoms with Gasteiger partial charge >= 0.3 is 0 Å². The quantitative estimate of drug-likeness (QED) is 0.747. The highest BCUT2D eigenvalue weighted by atomic mass is 79.9. The predicted octanol–water partition coefficient (Wildman–Crippen LogP) is 3.09. The van der Waals surface area contributed by atoms with Crippen LogP contribution >= 0.6 is 15.9 Å². The van der Waals surface area contributed by atoms with E-state index in [2.05, 4.69) is 26.9 Å². The Morgan fingerprint density at radius 1 is 1.21 bits per heavy atom. The molecule has 2 heterocycles. The zero-order valence-corrected chi connectivity index (χ0v) is 12.1. The van der Waals surface area contributed by atoms with E-state index in [-0.39, 0.29) is 5.91 Å². The minimum absolute atomic E-state index is 0.122. The molecule has 1 aromatic rings. The molecule has 0 spiro atoms. The van der Waals surface area contributed by atoms with Crippen molar-refractivity contribution in [3.63, 3.8) is 0 Å². The van der Waals surface area contributed by atoms with Gasteiger partial charge in [-0.1, -0.05) is 15.9 Å². The second-order valence-corrected chi connectivity index (χ2v) is 6.65. The number of hydrogen-bond donors (Lipinski definition) is 0. The van der Waals surface area contributed by atoms with Crippen LogP contribution in [0.4, 0.5) is 0 Å². The van der Waals surface area contributed by atoms with Crippen molar-refractivity contribution >= 4 is 21.8 Å². The van der Waals surface area contributed by atoms with E-state index in [4.69, 9.17) is 5.26 Å². The highest BCUT2D eigenvalue weighted by Gasteiger charge is 2.42. The number of carbonyl (C=O) groups is 1. The monoisotopic (exact) mass is 318 g/mol. The summed E-state index contributed by atoms with van der Waals surface area (Å²) in [6, 6.07) is 9.80. The minimum atomic E-state index is 0.122. The molecule has 19 heavy (non-hydrogen) atoms. The second kappa shape index (κ2) is 4.97. The molecular weight excluding hydrogens is 304 g/mol. The van der Waals surface area contributed by atoms with E-state index in [0.717, 1.165) is 25.7 Å². The Morgan fingerprint density at radius 2 is 1.79 bits per heavy atom. The maximum Gasteiger partial charge on any atom is 0.254 e. The first-order chi connectivity index (χ1) is 9.19. The lowest BCUT2D eigenvalue weighted by atomic mass is 10.0. The van der Waals surface area contributed by atoms with E-state index in [1.54, 1.807) is 24.3 Å². The van der Waals surface area contributed by atoms with E-state index in [0.29, 0.717) is 28.0 Å². The summed E-state index contributed by atoms with van der Waals surface area (Å²) >= 11 is 3.69. The first-order valence-electron chi connectivity index (χ1n) is 6.66. The number of carbonyl (C=O) groups excluding carboxylic acids is 1. The molecule has 0 N–H and O–H groups in total. The van der Waals surface area contributed by atoms with Crippen molar-refractivity contribution in [2.24, 2.45) is 0 Å². The molecule has 1 aromatic carbocycles. The Balaban J connectivity index is 1.82. The summed E-state index contributed by atoms with van der Waals surface area (Å²) in [5, 5.41) is 8.79. The van der Waals surface area contributed by atoms with Gasteiger partial charge in [-0.3, -0.25) is 4.79 Å². The molecule has 98 valence electrons. The molecule has 4 heteroatoms. The molecule has 3 nitrogen and oxygen atoms in total. The van der Waals surface area contributed by atoms with Gasteiger partial charge in [0.2, 0.25) is 0 Å². The summed E-state index contributed by atoms with van der Waals surface area (Å²) in [4.78, 5) is 15.2. The highest BCUT2D eigenvalue weighted by Crippen LogP contribution is 2.39. The second-order valence-electron chi connectivity index (χ2n) is 5.36. The SMILES string of the molecule is N#Cc1ccc(C(=O)N2C3CCC2CC(Br)C3)cc1. The predicted molar refractivity (Wildman–Crippen MR) is 76.1 cm³/mol. The fraction of sp³-hybridized carbons (Fsp3) is 0.467. The average molecular weight is 319 g/mol. The Kier molecular flexibility index (Phi) is 3.32. The van der Waals surface area contributed by atoms with Crippen LogP contribution in [0.3, 0.4) is 0 Å². The zero-order chi connectivity index (χ0) is 13.4. The number of nitriles is 1. The maximum atomic E-state index is 12.6. The lowest BCUT2D eigenvalue weighted by Crippen LogP contribution is -2.46. The van der Waals surface area contributed by atoms with Crippen LogP contribution in [0.5, 0.6) is 0 Å². The molecule has 0 saturated carbocycles. The fourth-order valence-electron chi connectivity index (χ4n) is 3.28.